The fourth-order valence-corrected chi connectivity index (χ4v) is 7.47. The molecule has 1 aliphatic carbocycles. The fraction of sp³-hybridized carbons (Fsp3) is 0.524. The third-order valence-electron chi connectivity index (χ3n) is 10.3. The van der Waals surface area contributed by atoms with E-state index in [-0.39, 0.29) is 113 Å². The Kier molecular flexibility index (Phi) is 17.8. The second kappa shape index (κ2) is 20.8. The van der Waals surface area contributed by atoms with Crippen LogP contribution in [0.25, 0.3) is 32.9 Å². The number of amides is 1. The van der Waals surface area contributed by atoms with E-state index in [1.165, 1.54) is 24.4 Å². The third-order valence-corrected chi connectivity index (χ3v) is 15.4. The molecule has 5 rings (SSSR count). The molecule has 0 saturated heterocycles. The standard InChI is InChI=1S/C42H54F2N5O6Si.H3P.H2S.Tl/c1-12-14-15-20-49(39(50)55-40(3,4)5)48-37-31-23-45-35(30-22-28(53-26-51-9)21-27-16-17-32(43)29(13-2)33(27)30)34(44)36(31)46-38(47-37)52-24-42(18-19-42)25-54-56(10,11)41(6,7)8;;;/h16-17,21-23H,12,14-15,18-20,24-26H2,1,3-11H3,(H,46,47,48);1H3;1H2;/p-1. The van der Waals surface area contributed by atoms with Gasteiger partial charge in [-0.15, -0.1) is 0 Å². The summed E-state index contributed by atoms with van der Waals surface area (Å²) in [5.74, 6) is 2.05. The molecular weight excluding hydrogens is 1000 g/mol. The summed E-state index contributed by atoms with van der Waals surface area (Å²) in [5.41, 5.74) is 2.27. The van der Waals surface area contributed by atoms with Crippen molar-refractivity contribution < 1.29 is 36.9 Å². The summed E-state index contributed by atoms with van der Waals surface area (Å²) >= 11 is 0.282. The Morgan fingerprint density at radius 3 is 2.37 bits per heavy atom. The number of benzene rings is 2. The first kappa shape index (κ1) is 50.5. The predicted octanol–water partition coefficient (Wildman–Crippen LogP) is 9.31. The van der Waals surface area contributed by atoms with Crippen molar-refractivity contribution in [3.8, 4) is 32.4 Å². The van der Waals surface area contributed by atoms with Gasteiger partial charge in [-0.1, -0.05) is 40.5 Å². The maximum Gasteiger partial charge on any atom is 0.429 e. The Labute approximate surface area is 374 Å². The Balaban J connectivity index is 0.00000465. The summed E-state index contributed by atoms with van der Waals surface area (Å²) in [7, 11) is -0.535. The van der Waals surface area contributed by atoms with Crippen molar-refractivity contribution in [2.24, 2.45) is 5.41 Å². The number of nitrogens with one attached hydrogen (secondary N) is 1. The minimum absolute atomic E-state index is 0. The van der Waals surface area contributed by atoms with E-state index in [0.29, 0.717) is 36.1 Å². The SMILES string of the molecule is CCCCCN(Nc1nc(OCC2(CO[Si](C)(C)C(C)(C)C)CC2)nc2c(F)c(-c3cc(OCOC)cc4ccc(F)c(C#[C][Tl])c34)ncc12)C(=O)OC(C)(C)C.P.[SH-]. The first-order valence-corrected chi connectivity index (χ1v) is 24.5. The van der Waals surface area contributed by atoms with Gasteiger partial charge in [0.05, 0.1) is 0 Å². The van der Waals surface area contributed by atoms with E-state index in [1.54, 1.807) is 39.0 Å². The number of carbonyl (C=O) groups excluding carboxylic acids is 1. The molecule has 0 bridgehead atoms. The monoisotopic (exact) mass is 1060 g/mol. The van der Waals surface area contributed by atoms with Crippen LogP contribution >= 0.6 is 9.90 Å². The molecule has 0 radical (unpaired) electrons. The van der Waals surface area contributed by atoms with E-state index in [0.717, 1.165) is 25.7 Å². The Bertz CT molecular complexity index is 2180. The average molecular weight is 1060 g/mol. The van der Waals surface area contributed by atoms with Crippen LogP contribution in [0.4, 0.5) is 19.4 Å². The van der Waals surface area contributed by atoms with Gasteiger partial charge >= 0.3 is 208 Å². The van der Waals surface area contributed by atoms with Crippen LogP contribution in [0.3, 0.4) is 0 Å². The summed E-state index contributed by atoms with van der Waals surface area (Å²) in [6.07, 6.45) is 5.11. The number of halogens is 2. The molecule has 2 heterocycles. The topological polar surface area (TPSA) is 117 Å². The number of anilines is 1. The zero-order valence-electron chi connectivity index (χ0n) is 36.0. The maximum atomic E-state index is 17.3. The van der Waals surface area contributed by atoms with Gasteiger partial charge in [0.15, 0.2) is 8.32 Å². The van der Waals surface area contributed by atoms with E-state index in [2.05, 4.69) is 70.6 Å². The molecule has 1 N–H and O–H groups in total. The van der Waals surface area contributed by atoms with Crippen LogP contribution in [0.2, 0.25) is 18.1 Å². The van der Waals surface area contributed by atoms with Crippen LogP contribution in [-0.2, 0) is 27.4 Å². The van der Waals surface area contributed by atoms with Crippen molar-refractivity contribution in [2.45, 2.75) is 104 Å². The number of hydrazine groups is 1. The molecule has 2 aromatic heterocycles. The fourth-order valence-electron chi connectivity index (χ4n) is 5.81. The number of hydrogen-bond donors (Lipinski definition) is 1. The van der Waals surface area contributed by atoms with Gasteiger partial charge in [0.25, 0.3) is 0 Å². The van der Waals surface area contributed by atoms with Gasteiger partial charge in [0.2, 0.25) is 0 Å². The quantitative estimate of drug-likeness (QED) is 0.0169. The number of unbranched alkanes of at least 4 members (excludes halogenated alkanes) is 2. The number of pyridine rings is 1. The number of rotatable bonds is 16. The van der Waals surface area contributed by atoms with E-state index in [9.17, 15) is 4.79 Å². The van der Waals surface area contributed by atoms with Crippen LogP contribution in [0.15, 0.2) is 30.5 Å². The van der Waals surface area contributed by atoms with Gasteiger partial charge in [-0.3, -0.25) is 0 Å². The van der Waals surface area contributed by atoms with Gasteiger partial charge in [0, 0.05) is 18.6 Å². The van der Waals surface area contributed by atoms with Gasteiger partial charge < -0.3 is 22.7 Å². The normalized spacial score (nSPS) is 13.4. The Morgan fingerprint density at radius 2 is 1.76 bits per heavy atom. The number of thiol groups is 1. The number of hydrogen-bond acceptors (Lipinski definition) is 11. The summed E-state index contributed by atoms with van der Waals surface area (Å²) in [6.45, 7) is 19.5. The zero-order chi connectivity index (χ0) is 41.8. The zero-order valence-corrected chi connectivity index (χ0v) is 43.8. The van der Waals surface area contributed by atoms with Crippen molar-refractivity contribution in [3.05, 3.63) is 47.7 Å². The smallest absolute Gasteiger partial charge is 0.429 e. The summed E-state index contributed by atoms with van der Waals surface area (Å²) in [5, 5.41) is 2.53. The Hall–Kier alpha value is -2.88. The van der Waals surface area contributed by atoms with Crippen LogP contribution in [0.1, 0.15) is 86.1 Å². The molecule has 1 unspecified atom stereocenters. The first-order valence-electron chi connectivity index (χ1n) is 19.3. The van der Waals surface area contributed by atoms with Gasteiger partial charge in [-0.2, -0.15) is 9.90 Å². The average Bonchev–Trinajstić information content (AvgIpc) is 3.92. The molecule has 0 aliphatic heterocycles. The van der Waals surface area contributed by atoms with Crippen LogP contribution in [0, 0.1) is 26.4 Å². The molecular formula is C42H58F2N5O6PSSiTl-. The first-order chi connectivity index (χ1) is 26.8. The van der Waals surface area contributed by atoms with Gasteiger partial charge in [0.1, 0.15) is 5.60 Å². The van der Waals surface area contributed by atoms with Crippen LogP contribution in [-0.4, -0.2) is 99.4 Å². The van der Waals surface area contributed by atoms with Crippen molar-refractivity contribution >= 4 is 91.1 Å². The molecule has 2 aromatic carbocycles. The molecule has 0 spiro atoms. The molecule has 1 aliphatic rings. The number of carbonyl (C=O) groups is 1. The molecule has 11 nitrogen and oxygen atoms in total. The number of methoxy groups -OCH3 is 1. The largest absolute Gasteiger partial charge is 0.813 e. The molecule has 17 heteroatoms. The van der Waals surface area contributed by atoms with E-state index < -0.39 is 31.6 Å². The number of nitrogens with zero attached hydrogens (tertiary/aromatic N) is 4. The minimum atomic E-state index is -2.03. The minimum Gasteiger partial charge on any atom is -0.813 e. The van der Waals surface area contributed by atoms with Gasteiger partial charge in [-0.05, 0) is 58.2 Å². The maximum absolute atomic E-state index is 17.3. The van der Waals surface area contributed by atoms with Crippen LogP contribution < -0.4 is 14.9 Å². The summed E-state index contributed by atoms with van der Waals surface area (Å²) < 4.78 is 65.2. The summed E-state index contributed by atoms with van der Waals surface area (Å²) in [6, 6.07) is 6.15. The van der Waals surface area contributed by atoms with Crippen molar-refractivity contribution in [1.29, 1.82) is 0 Å². The molecule has 1 fully saturated rings. The van der Waals surface area contributed by atoms with E-state index in [4.69, 9.17) is 23.4 Å². The Morgan fingerprint density at radius 1 is 1.05 bits per heavy atom. The molecule has 320 valence electrons. The molecule has 1 atom stereocenters. The number of aromatic nitrogens is 3. The second-order valence-corrected chi connectivity index (χ2v) is 23.1. The molecule has 59 heavy (non-hydrogen) atoms. The van der Waals surface area contributed by atoms with Crippen molar-refractivity contribution in [1.82, 2.24) is 20.0 Å². The van der Waals surface area contributed by atoms with Gasteiger partial charge in [-0.25, -0.2) is 4.79 Å². The number of ether oxygens (including phenoxy) is 4. The summed E-state index contributed by atoms with van der Waals surface area (Å²) in [4.78, 5) is 27.4. The third kappa shape index (κ3) is 12.6. The van der Waals surface area contributed by atoms with E-state index >= 15 is 8.78 Å². The van der Waals surface area contributed by atoms with Crippen LogP contribution in [0.5, 0.6) is 11.8 Å². The predicted molar refractivity (Wildman–Crippen MR) is 242 cm³/mol. The molecule has 4 aromatic rings. The number of fused-ring (bicyclic) bond motifs is 2. The second-order valence-electron chi connectivity index (χ2n) is 17.1. The van der Waals surface area contributed by atoms with E-state index in [1.807, 2.05) is 0 Å². The molecule has 1 amide bonds. The van der Waals surface area contributed by atoms with Crippen molar-refractivity contribution in [3.63, 3.8) is 0 Å². The van der Waals surface area contributed by atoms with Crippen molar-refractivity contribution in [2.75, 3.05) is 39.1 Å². The molecule has 1 saturated carbocycles.